The zero-order valence-electron chi connectivity index (χ0n) is 19.6. The molecule has 0 saturated carbocycles. The van der Waals surface area contributed by atoms with Crippen molar-refractivity contribution in [1.82, 2.24) is 20.1 Å². The SMILES string of the molecule is COc1cccc(C(CNC(=O)c2ccc(-n3cccn3)cc2)c2c[nH]c3ccccc23)c1OC. The van der Waals surface area contributed by atoms with Crippen molar-refractivity contribution in [2.75, 3.05) is 20.8 Å². The number of H-pyrrole nitrogens is 1. The van der Waals surface area contributed by atoms with Gasteiger partial charge in [0.25, 0.3) is 5.91 Å². The van der Waals surface area contributed by atoms with E-state index in [4.69, 9.17) is 9.47 Å². The Morgan fingerprint density at radius 1 is 0.971 bits per heavy atom. The molecule has 7 nitrogen and oxygen atoms in total. The number of rotatable bonds is 8. The third-order valence-electron chi connectivity index (χ3n) is 6.17. The van der Waals surface area contributed by atoms with E-state index in [1.165, 1.54) is 0 Å². The highest BCUT2D eigenvalue weighted by Crippen LogP contribution is 2.40. The Morgan fingerprint density at radius 3 is 2.54 bits per heavy atom. The van der Waals surface area contributed by atoms with E-state index in [0.717, 1.165) is 27.7 Å². The molecule has 1 amide bonds. The largest absolute Gasteiger partial charge is 0.493 e. The fourth-order valence-electron chi connectivity index (χ4n) is 4.44. The fraction of sp³-hybridized carbons (Fsp3) is 0.143. The lowest BCUT2D eigenvalue weighted by Crippen LogP contribution is -2.29. The van der Waals surface area contributed by atoms with Gasteiger partial charge in [0.2, 0.25) is 0 Å². The van der Waals surface area contributed by atoms with Gasteiger partial charge < -0.3 is 19.8 Å². The number of ether oxygens (including phenoxy) is 2. The average molecular weight is 467 g/mol. The Bertz CT molecular complexity index is 1440. The Labute approximate surface area is 203 Å². The van der Waals surface area contributed by atoms with E-state index in [1.807, 2.05) is 67.0 Å². The standard InChI is InChI=1S/C28H26N4O3/c1-34-26-10-5-8-22(27(26)35-2)24(23-17-29-25-9-4-3-7-21(23)25)18-30-28(33)19-11-13-20(14-12-19)32-16-6-15-31-32/h3-17,24,29H,18H2,1-2H3,(H,30,33). The number of benzene rings is 3. The molecule has 0 aliphatic rings. The number of hydrogen-bond acceptors (Lipinski definition) is 4. The van der Waals surface area contributed by atoms with E-state index in [1.54, 1.807) is 37.2 Å². The highest BCUT2D eigenvalue weighted by molar-refractivity contribution is 5.94. The maximum atomic E-state index is 13.1. The monoisotopic (exact) mass is 466 g/mol. The number of para-hydroxylation sites is 2. The van der Waals surface area contributed by atoms with Crippen LogP contribution >= 0.6 is 0 Å². The number of aromatic amines is 1. The van der Waals surface area contributed by atoms with Gasteiger partial charge >= 0.3 is 0 Å². The van der Waals surface area contributed by atoms with Crippen molar-refractivity contribution < 1.29 is 14.3 Å². The summed E-state index contributed by atoms with van der Waals surface area (Å²) in [5.74, 6) is 0.991. The second-order valence-electron chi connectivity index (χ2n) is 8.13. The molecule has 0 fully saturated rings. The van der Waals surface area contributed by atoms with Crippen LogP contribution in [0.3, 0.4) is 0 Å². The van der Waals surface area contributed by atoms with E-state index in [2.05, 4.69) is 21.5 Å². The van der Waals surface area contributed by atoms with Crippen molar-refractivity contribution in [3.8, 4) is 17.2 Å². The Morgan fingerprint density at radius 2 is 1.80 bits per heavy atom. The van der Waals surface area contributed by atoms with Crippen LogP contribution in [0.5, 0.6) is 11.5 Å². The van der Waals surface area contributed by atoms with Gasteiger partial charge in [0.15, 0.2) is 11.5 Å². The lowest BCUT2D eigenvalue weighted by molar-refractivity contribution is 0.0952. The van der Waals surface area contributed by atoms with Gasteiger partial charge in [-0.25, -0.2) is 4.68 Å². The van der Waals surface area contributed by atoms with Crippen LogP contribution in [0.2, 0.25) is 0 Å². The van der Waals surface area contributed by atoms with Crippen LogP contribution in [0.15, 0.2) is 91.4 Å². The summed E-state index contributed by atoms with van der Waals surface area (Å²) >= 11 is 0. The zero-order chi connectivity index (χ0) is 24.2. The third kappa shape index (κ3) is 4.36. The smallest absolute Gasteiger partial charge is 0.251 e. The van der Waals surface area contributed by atoms with Gasteiger partial charge in [-0.2, -0.15) is 5.10 Å². The van der Waals surface area contributed by atoms with Crippen molar-refractivity contribution >= 4 is 16.8 Å². The predicted molar refractivity (Wildman–Crippen MR) is 136 cm³/mol. The van der Waals surface area contributed by atoms with Gasteiger partial charge in [-0.3, -0.25) is 4.79 Å². The van der Waals surface area contributed by atoms with Crippen molar-refractivity contribution in [1.29, 1.82) is 0 Å². The van der Waals surface area contributed by atoms with E-state index in [9.17, 15) is 4.79 Å². The molecule has 0 aliphatic heterocycles. The van der Waals surface area contributed by atoms with E-state index < -0.39 is 0 Å². The predicted octanol–water partition coefficient (Wildman–Crippen LogP) is 4.93. The molecule has 1 atom stereocenters. The second-order valence-corrected chi connectivity index (χ2v) is 8.13. The number of nitrogens with one attached hydrogen (secondary N) is 2. The zero-order valence-corrected chi connectivity index (χ0v) is 19.6. The van der Waals surface area contributed by atoms with Gasteiger partial charge in [-0.05, 0) is 48.0 Å². The number of methoxy groups -OCH3 is 2. The summed E-state index contributed by atoms with van der Waals surface area (Å²) in [7, 11) is 3.25. The Kier molecular flexibility index (Phi) is 6.22. The van der Waals surface area contributed by atoms with Gasteiger partial charge in [0.05, 0.1) is 19.9 Å². The van der Waals surface area contributed by atoms with E-state index in [0.29, 0.717) is 23.6 Å². The highest BCUT2D eigenvalue weighted by atomic mass is 16.5. The number of amides is 1. The molecule has 5 aromatic rings. The van der Waals surface area contributed by atoms with Crippen LogP contribution < -0.4 is 14.8 Å². The number of fused-ring (bicyclic) bond motifs is 1. The molecule has 2 heterocycles. The van der Waals surface area contributed by atoms with Crippen LogP contribution in [0.1, 0.15) is 27.4 Å². The number of aromatic nitrogens is 3. The molecule has 0 spiro atoms. The molecule has 176 valence electrons. The fourth-order valence-corrected chi connectivity index (χ4v) is 4.44. The molecule has 0 bridgehead atoms. The van der Waals surface area contributed by atoms with Crippen LogP contribution in [0.4, 0.5) is 0 Å². The van der Waals surface area contributed by atoms with Crippen molar-refractivity contribution in [2.45, 2.75) is 5.92 Å². The van der Waals surface area contributed by atoms with Crippen LogP contribution in [-0.4, -0.2) is 41.4 Å². The lowest BCUT2D eigenvalue weighted by atomic mass is 9.89. The van der Waals surface area contributed by atoms with Gasteiger partial charge in [0.1, 0.15) is 0 Å². The summed E-state index contributed by atoms with van der Waals surface area (Å²) in [5.41, 5.74) is 4.52. The normalized spacial score (nSPS) is 11.8. The molecule has 1 unspecified atom stereocenters. The maximum Gasteiger partial charge on any atom is 0.251 e. The first-order valence-corrected chi connectivity index (χ1v) is 11.3. The lowest BCUT2D eigenvalue weighted by Gasteiger charge is -2.22. The minimum Gasteiger partial charge on any atom is -0.493 e. The topological polar surface area (TPSA) is 81.2 Å². The molecule has 7 heteroatoms. The molecule has 2 aromatic heterocycles. The second kappa shape index (κ2) is 9.77. The summed E-state index contributed by atoms with van der Waals surface area (Å²) < 4.78 is 13.0. The quantitative estimate of drug-likeness (QED) is 0.340. The summed E-state index contributed by atoms with van der Waals surface area (Å²) in [6.07, 6.45) is 5.58. The summed E-state index contributed by atoms with van der Waals surface area (Å²) in [6.45, 7) is 0.380. The van der Waals surface area contributed by atoms with E-state index in [-0.39, 0.29) is 11.8 Å². The van der Waals surface area contributed by atoms with Crippen molar-refractivity contribution in [2.24, 2.45) is 0 Å². The molecule has 0 radical (unpaired) electrons. The molecule has 5 rings (SSSR count). The van der Waals surface area contributed by atoms with Crippen molar-refractivity contribution in [3.63, 3.8) is 0 Å². The van der Waals surface area contributed by atoms with Gasteiger partial charge in [-0.1, -0.05) is 30.3 Å². The number of carbonyl (C=O) groups excluding carboxylic acids is 1. The van der Waals surface area contributed by atoms with Crippen LogP contribution in [0.25, 0.3) is 16.6 Å². The maximum absolute atomic E-state index is 13.1. The molecule has 3 aromatic carbocycles. The first-order valence-electron chi connectivity index (χ1n) is 11.3. The number of hydrogen-bond donors (Lipinski definition) is 2. The average Bonchev–Trinajstić information content (AvgIpc) is 3.59. The molecule has 0 aliphatic carbocycles. The van der Waals surface area contributed by atoms with Crippen LogP contribution in [-0.2, 0) is 0 Å². The summed E-state index contributed by atoms with van der Waals surface area (Å²) in [6, 6.07) is 23.2. The van der Waals surface area contributed by atoms with Crippen molar-refractivity contribution in [3.05, 3.63) is 108 Å². The Balaban J connectivity index is 1.46. The Hall–Kier alpha value is -4.52. The van der Waals surface area contributed by atoms with Crippen LogP contribution in [0, 0.1) is 0 Å². The molecular formula is C28H26N4O3. The minimum absolute atomic E-state index is 0.149. The minimum atomic E-state index is -0.163. The van der Waals surface area contributed by atoms with E-state index >= 15 is 0 Å². The summed E-state index contributed by atoms with van der Waals surface area (Å²) in [5, 5.41) is 8.45. The third-order valence-corrected chi connectivity index (χ3v) is 6.17. The first-order chi connectivity index (χ1) is 17.2. The first kappa shape index (κ1) is 22.3. The number of carbonyl (C=O) groups is 1. The highest BCUT2D eigenvalue weighted by Gasteiger charge is 2.24. The molecular weight excluding hydrogens is 440 g/mol. The molecule has 2 N–H and O–H groups in total. The van der Waals surface area contributed by atoms with Gasteiger partial charge in [-0.15, -0.1) is 0 Å². The molecule has 0 saturated heterocycles. The van der Waals surface area contributed by atoms with Gasteiger partial charge in [0, 0.05) is 53.1 Å². The summed E-state index contributed by atoms with van der Waals surface area (Å²) in [4.78, 5) is 16.4. The molecule has 35 heavy (non-hydrogen) atoms. The number of nitrogens with zero attached hydrogens (tertiary/aromatic N) is 2.